The summed E-state index contributed by atoms with van der Waals surface area (Å²) in [6.07, 6.45) is 5.47. The second-order valence-corrected chi connectivity index (χ2v) is 4.47. The van der Waals surface area contributed by atoms with Crippen molar-refractivity contribution in [3.05, 3.63) is 18.2 Å². The summed E-state index contributed by atoms with van der Waals surface area (Å²) in [5.41, 5.74) is 0.671. The molecule has 4 N–H and O–H groups in total. The fraction of sp³-hybridized carbons (Fsp3) is 0.545. The quantitative estimate of drug-likeness (QED) is 0.576. The Bertz CT molecular complexity index is 414. The van der Waals surface area contributed by atoms with E-state index in [0.717, 1.165) is 12.8 Å². The number of aromatic amines is 1. The zero-order valence-corrected chi connectivity index (χ0v) is 9.85. The highest BCUT2D eigenvalue weighted by molar-refractivity contribution is 5.82. The van der Waals surface area contributed by atoms with Crippen molar-refractivity contribution in [3.63, 3.8) is 0 Å². The van der Waals surface area contributed by atoms with Crippen LogP contribution in [0.25, 0.3) is 0 Å². The first-order valence-corrected chi connectivity index (χ1v) is 5.89. The van der Waals surface area contributed by atoms with E-state index in [1.807, 2.05) is 0 Å². The van der Waals surface area contributed by atoms with Crippen molar-refractivity contribution < 1.29 is 14.7 Å². The summed E-state index contributed by atoms with van der Waals surface area (Å²) in [5.74, 6) is -0.502. The molecule has 1 saturated carbocycles. The van der Waals surface area contributed by atoms with E-state index < -0.39 is 18.0 Å². The van der Waals surface area contributed by atoms with Crippen molar-refractivity contribution >= 4 is 12.0 Å². The second kappa shape index (κ2) is 5.52. The Hall–Kier alpha value is -2.05. The van der Waals surface area contributed by atoms with Gasteiger partial charge in [-0.2, -0.15) is 0 Å². The number of nitrogens with zero attached hydrogens (tertiary/aromatic N) is 1. The molecule has 1 aliphatic carbocycles. The maximum Gasteiger partial charge on any atom is 0.326 e. The lowest BCUT2D eigenvalue weighted by Gasteiger charge is -2.14. The van der Waals surface area contributed by atoms with E-state index in [4.69, 9.17) is 5.11 Å². The number of carbonyl (C=O) groups excluding carboxylic acids is 1. The summed E-state index contributed by atoms with van der Waals surface area (Å²) in [7, 11) is 0. The fourth-order valence-corrected chi connectivity index (χ4v) is 1.58. The van der Waals surface area contributed by atoms with E-state index in [1.54, 1.807) is 6.20 Å². The first-order chi connectivity index (χ1) is 8.65. The summed E-state index contributed by atoms with van der Waals surface area (Å²) < 4.78 is 0. The monoisotopic (exact) mass is 252 g/mol. The molecule has 7 heteroatoms. The van der Waals surface area contributed by atoms with Crippen LogP contribution >= 0.6 is 0 Å². The molecule has 1 heterocycles. The lowest BCUT2D eigenvalue weighted by atomic mass is 10.2. The number of H-pyrrole nitrogens is 1. The number of hydrogen-bond acceptors (Lipinski definition) is 3. The number of hydrogen-bond donors (Lipinski definition) is 4. The molecule has 1 aromatic rings. The fourth-order valence-electron chi connectivity index (χ4n) is 1.58. The first-order valence-electron chi connectivity index (χ1n) is 5.89. The molecule has 18 heavy (non-hydrogen) atoms. The number of nitrogens with one attached hydrogen (secondary N) is 3. The van der Waals surface area contributed by atoms with Gasteiger partial charge < -0.3 is 20.7 Å². The van der Waals surface area contributed by atoms with Crippen LogP contribution in [0.2, 0.25) is 0 Å². The Kier molecular flexibility index (Phi) is 3.81. The zero-order chi connectivity index (χ0) is 13.0. The third-order valence-electron chi connectivity index (χ3n) is 2.83. The van der Waals surface area contributed by atoms with E-state index in [1.165, 1.54) is 6.33 Å². The van der Waals surface area contributed by atoms with Gasteiger partial charge in [0.1, 0.15) is 6.04 Å². The van der Waals surface area contributed by atoms with Crippen LogP contribution in [0, 0.1) is 5.92 Å². The molecule has 2 amide bonds. The van der Waals surface area contributed by atoms with Crippen molar-refractivity contribution in [3.8, 4) is 0 Å². The molecule has 0 aromatic carbocycles. The zero-order valence-electron chi connectivity index (χ0n) is 9.85. The number of carbonyl (C=O) groups is 2. The minimum Gasteiger partial charge on any atom is -0.480 e. The molecular formula is C11H16N4O3. The Balaban J connectivity index is 1.81. The molecule has 0 aliphatic heterocycles. The molecule has 1 aliphatic rings. The Morgan fingerprint density at radius 1 is 1.56 bits per heavy atom. The average Bonchev–Trinajstić information content (AvgIpc) is 3.02. The molecule has 2 rings (SSSR count). The molecule has 0 radical (unpaired) electrons. The summed E-state index contributed by atoms with van der Waals surface area (Å²) in [4.78, 5) is 29.2. The molecule has 0 saturated heterocycles. The van der Waals surface area contributed by atoms with Gasteiger partial charge >= 0.3 is 12.0 Å². The van der Waals surface area contributed by atoms with Gasteiger partial charge in [0.15, 0.2) is 0 Å². The van der Waals surface area contributed by atoms with Crippen LogP contribution in [0.3, 0.4) is 0 Å². The number of carboxylic acid groups (broad SMARTS) is 1. The molecular weight excluding hydrogens is 236 g/mol. The lowest BCUT2D eigenvalue weighted by Crippen LogP contribution is -2.47. The Morgan fingerprint density at radius 3 is 2.89 bits per heavy atom. The Morgan fingerprint density at radius 2 is 2.33 bits per heavy atom. The molecule has 0 unspecified atom stereocenters. The van der Waals surface area contributed by atoms with Gasteiger partial charge in [-0.05, 0) is 18.8 Å². The molecule has 0 bridgehead atoms. The van der Waals surface area contributed by atoms with Crippen molar-refractivity contribution in [2.75, 3.05) is 6.54 Å². The number of imidazole rings is 1. The standard InChI is InChI=1S/C11H16N4O3/c16-10(17)9(3-8-5-12-6-14-8)15-11(18)13-4-7-1-2-7/h5-7,9H,1-4H2,(H,12,14)(H,16,17)(H2,13,15,18)/t9-/m1/s1. The predicted octanol–water partition coefficient (Wildman–Crippen LogP) is 0.115. The minimum absolute atomic E-state index is 0.187. The van der Waals surface area contributed by atoms with E-state index in [9.17, 15) is 9.59 Å². The topological polar surface area (TPSA) is 107 Å². The molecule has 7 nitrogen and oxygen atoms in total. The number of aromatic nitrogens is 2. The van der Waals surface area contributed by atoms with Gasteiger partial charge in [0, 0.05) is 24.9 Å². The summed E-state index contributed by atoms with van der Waals surface area (Å²) in [6, 6.07) is -1.39. The number of urea groups is 1. The third-order valence-corrected chi connectivity index (χ3v) is 2.83. The van der Waals surface area contributed by atoms with Gasteiger partial charge in [0.2, 0.25) is 0 Å². The molecule has 1 aromatic heterocycles. The highest BCUT2D eigenvalue weighted by Gasteiger charge is 2.24. The summed E-state index contributed by atoms with van der Waals surface area (Å²) in [5, 5.41) is 14.1. The Labute approximate surface area is 104 Å². The van der Waals surface area contributed by atoms with Gasteiger partial charge in [-0.1, -0.05) is 0 Å². The maximum atomic E-state index is 11.5. The lowest BCUT2D eigenvalue weighted by molar-refractivity contribution is -0.139. The van der Waals surface area contributed by atoms with E-state index in [2.05, 4.69) is 20.6 Å². The summed E-state index contributed by atoms with van der Waals surface area (Å²) in [6.45, 7) is 0.613. The van der Waals surface area contributed by atoms with E-state index in [0.29, 0.717) is 18.2 Å². The normalized spacial score (nSPS) is 16.0. The largest absolute Gasteiger partial charge is 0.480 e. The molecule has 0 spiro atoms. The van der Waals surface area contributed by atoms with Crippen LogP contribution < -0.4 is 10.6 Å². The van der Waals surface area contributed by atoms with Crippen LogP contribution in [0.5, 0.6) is 0 Å². The van der Waals surface area contributed by atoms with Gasteiger partial charge in [0.05, 0.1) is 6.33 Å². The van der Waals surface area contributed by atoms with E-state index in [-0.39, 0.29) is 6.42 Å². The number of carboxylic acids is 1. The smallest absolute Gasteiger partial charge is 0.326 e. The van der Waals surface area contributed by atoms with Crippen molar-refractivity contribution in [2.45, 2.75) is 25.3 Å². The predicted molar refractivity (Wildman–Crippen MR) is 63.0 cm³/mol. The van der Waals surface area contributed by atoms with Gasteiger partial charge in [-0.25, -0.2) is 14.6 Å². The van der Waals surface area contributed by atoms with Crippen LogP contribution in [0.15, 0.2) is 12.5 Å². The third kappa shape index (κ3) is 3.76. The maximum absolute atomic E-state index is 11.5. The average molecular weight is 252 g/mol. The summed E-state index contributed by atoms with van der Waals surface area (Å²) >= 11 is 0. The van der Waals surface area contributed by atoms with Crippen molar-refractivity contribution in [2.24, 2.45) is 5.92 Å². The van der Waals surface area contributed by atoms with Crippen molar-refractivity contribution in [1.82, 2.24) is 20.6 Å². The number of rotatable bonds is 6. The second-order valence-electron chi connectivity index (χ2n) is 4.47. The molecule has 98 valence electrons. The van der Waals surface area contributed by atoms with Gasteiger partial charge in [-0.3, -0.25) is 0 Å². The van der Waals surface area contributed by atoms with Gasteiger partial charge in [0.25, 0.3) is 0 Å². The minimum atomic E-state index is -1.06. The van der Waals surface area contributed by atoms with Crippen LogP contribution in [-0.4, -0.2) is 39.7 Å². The van der Waals surface area contributed by atoms with Crippen LogP contribution in [0.4, 0.5) is 4.79 Å². The van der Waals surface area contributed by atoms with E-state index >= 15 is 0 Å². The highest BCUT2D eigenvalue weighted by Crippen LogP contribution is 2.27. The highest BCUT2D eigenvalue weighted by atomic mass is 16.4. The van der Waals surface area contributed by atoms with Crippen LogP contribution in [-0.2, 0) is 11.2 Å². The first kappa shape index (κ1) is 12.4. The van der Waals surface area contributed by atoms with Crippen molar-refractivity contribution in [1.29, 1.82) is 0 Å². The number of amides is 2. The van der Waals surface area contributed by atoms with Crippen LogP contribution in [0.1, 0.15) is 18.5 Å². The molecule has 1 fully saturated rings. The van der Waals surface area contributed by atoms with Gasteiger partial charge in [-0.15, -0.1) is 0 Å². The SMILES string of the molecule is O=C(NCC1CC1)N[C@H](Cc1cnc[nH]1)C(=O)O. The molecule has 1 atom stereocenters. The number of aliphatic carboxylic acids is 1.